The predicted molar refractivity (Wildman–Crippen MR) is 90.7 cm³/mol. The van der Waals surface area contributed by atoms with Gasteiger partial charge in [0.2, 0.25) is 0 Å². The molecule has 0 saturated carbocycles. The van der Waals surface area contributed by atoms with Gasteiger partial charge in [-0.3, -0.25) is 4.79 Å². The Bertz CT molecular complexity index is 868. The van der Waals surface area contributed by atoms with Crippen molar-refractivity contribution in [2.45, 2.75) is 24.0 Å². The van der Waals surface area contributed by atoms with E-state index in [-0.39, 0.29) is 17.1 Å². The van der Waals surface area contributed by atoms with Crippen LogP contribution in [0.3, 0.4) is 0 Å². The molecule has 0 bridgehead atoms. The lowest BCUT2D eigenvalue weighted by Crippen LogP contribution is -2.40. The summed E-state index contributed by atoms with van der Waals surface area (Å²) in [5.41, 5.74) is -0.876. The van der Waals surface area contributed by atoms with Crippen molar-refractivity contribution in [3.8, 4) is 0 Å². The number of alkyl halides is 3. The summed E-state index contributed by atoms with van der Waals surface area (Å²) in [7, 11) is -1.20. The Kier molecular flexibility index (Phi) is 6.25. The minimum atomic E-state index is -4.77. The topological polar surface area (TPSA) is 42.3 Å². The lowest BCUT2D eigenvalue weighted by molar-refractivity contribution is -0.172. The molecule has 2 rings (SSSR count). The Balaban J connectivity index is 2.55. The smallest absolute Gasteiger partial charge is 0.317 e. The quantitative estimate of drug-likeness (QED) is 0.703. The van der Waals surface area contributed by atoms with Gasteiger partial charge in [-0.05, 0) is 17.7 Å². The van der Waals surface area contributed by atoms with E-state index in [1.54, 1.807) is 0 Å². The Morgan fingerprint density at radius 3 is 2.35 bits per heavy atom. The second kappa shape index (κ2) is 7.89. The molecule has 0 aliphatic rings. The van der Waals surface area contributed by atoms with Gasteiger partial charge in [0.15, 0.2) is 0 Å². The van der Waals surface area contributed by atoms with Crippen molar-refractivity contribution >= 4 is 22.6 Å². The van der Waals surface area contributed by atoms with Gasteiger partial charge in [0, 0.05) is 30.9 Å². The lowest BCUT2D eigenvalue weighted by Gasteiger charge is -2.31. The molecule has 0 N–H and O–H groups in total. The van der Waals surface area contributed by atoms with Crippen LogP contribution in [0, 0.1) is 5.82 Å². The van der Waals surface area contributed by atoms with Gasteiger partial charge in [-0.1, -0.05) is 30.7 Å². The van der Waals surface area contributed by atoms with Crippen molar-refractivity contribution in [3.05, 3.63) is 63.3 Å². The van der Waals surface area contributed by atoms with Crippen LogP contribution in [0.4, 0.5) is 17.6 Å². The number of rotatable bonds is 5. The fourth-order valence-corrected chi connectivity index (χ4v) is 3.92. The van der Waals surface area contributed by atoms with E-state index in [0.717, 1.165) is 10.8 Å². The number of pyridine rings is 1. The summed E-state index contributed by atoms with van der Waals surface area (Å²) in [5.74, 6) is -1.12. The highest BCUT2D eigenvalue weighted by molar-refractivity contribution is 7.82. The van der Waals surface area contributed by atoms with Gasteiger partial charge in [0.1, 0.15) is 27.7 Å². The van der Waals surface area contributed by atoms with Crippen LogP contribution in [-0.4, -0.2) is 25.8 Å². The fourth-order valence-electron chi connectivity index (χ4n) is 2.40. The van der Waals surface area contributed by atoms with Gasteiger partial charge in [-0.2, -0.15) is 13.2 Å². The van der Waals surface area contributed by atoms with Crippen molar-refractivity contribution in [2.75, 3.05) is 6.54 Å². The van der Waals surface area contributed by atoms with Crippen molar-refractivity contribution in [1.29, 1.82) is 0 Å². The van der Waals surface area contributed by atoms with Crippen LogP contribution in [0.15, 0.2) is 46.2 Å². The summed E-state index contributed by atoms with van der Waals surface area (Å²) in [6, 6.07) is 3.29. The first-order valence-corrected chi connectivity index (χ1v) is 8.91. The standard InChI is InChI=1S/C16H15ClF4N2O2S/c1-3-23(26(25)13-9-22(2)14(24)8-12(13)18)15(16(19,20)21)10-4-6-11(17)7-5-10/h4-9,15H,3H2,1-2H3/t15-,26?/m1/s1. The first kappa shape index (κ1) is 20.6. The Labute approximate surface area is 154 Å². The third-order valence-electron chi connectivity index (χ3n) is 3.64. The number of hydrogen-bond acceptors (Lipinski definition) is 2. The van der Waals surface area contributed by atoms with Crippen LogP contribution >= 0.6 is 11.6 Å². The molecular formula is C16H15ClF4N2O2S. The van der Waals surface area contributed by atoms with Crippen LogP contribution < -0.4 is 5.56 Å². The highest BCUT2D eigenvalue weighted by Gasteiger charge is 2.46. The number of halogens is 5. The highest BCUT2D eigenvalue weighted by atomic mass is 35.5. The lowest BCUT2D eigenvalue weighted by atomic mass is 10.1. The molecule has 2 atom stereocenters. The summed E-state index contributed by atoms with van der Waals surface area (Å²) >= 11 is 5.72. The second-order valence-electron chi connectivity index (χ2n) is 5.41. The van der Waals surface area contributed by atoms with Crippen molar-refractivity contribution < 1.29 is 21.8 Å². The molecule has 0 aliphatic heterocycles. The average Bonchev–Trinajstić information content (AvgIpc) is 2.55. The molecular weight excluding hydrogens is 396 g/mol. The largest absolute Gasteiger partial charge is 0.409 e. The zero-order chi connectivity index (χ0) is 19.6. The van der Waals surface area contributed by atoms with Crippen LogP contribution in [0.2, 0.25) is 5.02 Å². The normalized spacial score (nSPS) is 14.5. The molecule has 4 nitrogen and oxygen atoms in total. The zero-order valence-electron chi connectivity index (χ0n) is 13.8. The molecule has 1 aromatic carbocycles. The predicted octanol–water partition coefficient (Wildman–Crippen LogP) is 3.83. The molecule has 1 aromatic heterocycles. The third kappa shape index (κ3) is 4.33. The summed E-state index contributed by atoms with van der Waals surface area (Å²) < 4.78 is 69.5. The van der Waals surface area contributed by atoms with Crippen molar-refractivity contribution in [1.82, 2.24) is 8.87 Å². The second-order valence-corrected chi connectivity index (χ2v) is 7.26. The molecule has 26 heavy (non-hydrogen) atoms. The van der Waals surface area contributed by atoms with E-state index in [2.05, 4.69) is 0 Å². The number of aromatic nitrogens is 1. The van der Waals surface area contributed by atoms with Gasteiger partial charge in [-0.25, -0.2) is 12.9 Å². The van der Waals surface area contributed by atoms with E-state index < -0.39 is 39.5 Å². The molecule has 0 saturated heterocycles. The van der Waals surface area contributed by atoms with Crippen LogP contribution in [0.5, 0.6) is 0 Å². The Hall–Kier alpha value is -1.71. The Morgan fingerprint density at radius 2 is 1.85 bits per heavy atom. The van der Waals surface area contributed by atoms with E-state index >= 15 is 0 Å². The van der Waals surface area contributed by atoms with E-state index in [1.807, 2.05) is 0 Å². The first-order valence-electron chi connectivity index (χ1n) is 7.43. The summed E-state index contributed by atoms with van der Waals surface area (Å²) in [6.45, 7) is 1.11. The van der Waals surface area contributed by atoms with Gasteiger partial charge in [0.25, 0.3) is 5.56 Å². The van der Waals surface area contributed by atoms with E-state index in [1.165, 1.54) is 38.2 Å². The fraction of sp³-hybridized carbons (Fsp3) is 0.312. The minimum Gasteiger partial charge on any atom is -0.317 e. The molecule has 10 heteroatoms. The number of nitrogens with zero attached hydrogens (tertiary/aromatic N) is 2. The van der Waals surface area contributed by atoms with E-state index in [9.17, 15) is 26.6 Å². The molecule has 2 aromatic rings. The number of hydrogen-bond donors (Lipinski definition) is 0. The molecule has 0 fully saturated rings. The number of benzene rings is 1. The van der Waals surface area contributed by atoms with Crippen molar-refractivity contribution in [2.24, 2.45) is 7.05 Å². The maximum Gasteiger partial charge on any atom is 0.409 e. The van der Waals surface area contributed by atoms with E-state index in [4.69, 9.17) is 11.6 Å². The SMILES string of the molecule is CCN([C@H](c1ccc(Cl)cc1)C(F)(F)F)S(=O)c1cn(C)c(=O)cc1F. The van der Waals surface area contributed by atoms with Crippen LogP contribution in [0.1, 0.15) is 18.5 Å². The summed E-state index contributed by atoms with van der Waals surface area (Å²) in [6.07, 6.45) is -3.83. The maximum absolute atomic E-state index is 14.1. The van der Waals surface area contributed by atoms with Crippen molar-refractivity contribution in [3.63, 3.8) is 0 Å². The average molecular weight is 411 g/mol. The van der Waals surface area contributed by atoms with Gasteiger partial charge in [-0.15, -0.1) is 0 Å². The number of aryl methyl sites for hydroxylation is 1. The molecule has 142 valence electrons. The van der Waals surface area contributed by atoms with E-state index in [0.29, 0.717) is 10.4 Å². The van der Waals surface area contributed by atoms with Gasteiger partial charge >= 0.3 is 6.18 Å². The molecule has 0 spiro atoms. The van der Waals surface area contributed by atoms with Gasteiger partial charge < -0.3 is 4.57 Å². The minimum absolute atomic E-state index is 0.178. The van der Waals surface area contributed by atoms with Gasteiger partial charge in [0.05, 0.1) is 0 Å². The summed E-state index contributed by atoms with van der Waals surface area (Å²) in [4.78, 5) is 10.9. The summed E-state index contributed by atoms with van der Waals surface area (Å²) in [5, 5.41) is 0.253. The molecule has 0 amide bonds. The van der Waals surface area contributed by atoms with Crippen LogP contribution in [-0.2, 0) is 18.0 Å². The first-order chi connectivity index (χ1) is 12.1. The maximum atomic E-state index is 14.1. The highest BCUT2D eigenvalue weighted by Crippen LogP contribution is 2.39. The third-order valence-corrected chi connectivity index (χ3v) is 5.46. The molecule has 0 radical (unpaired) electrons. The molecule has 1 heterocycles. The monoisotopic (exact) mass is 410 g/mol. The molecule has 0 aliphatic carbocycles. The molecule has 1 unspecified atom stereocenters. The zero-order valence-corrected chi connectivity index (χ0v) is 15.3. The Morgan fingerprint density at radius 1 is 1.27 bits per heavy atom. The van der Waals surface area contributed by atoms with Crippen LogP contribution in [0.25, 0.3) is 0 Å².